The Morgan fingerprint density at radius 1 is 0.981 bits per heavy atom. The summed E-state index contributed by atoms with van der Waals surface area (Å²) in [4.78, 5) is 99.5. The Morgan fingerprint density at radius 2 is 1.60 bits per heavy atom. The van der Waals surface area contributed by atoms with Crippen LogP contribution in [-0.2, 0) is 38.3 Å². The molecule has 1 saturated heterocycles. The highest BCUT2D eigenvalue weighted by Crippen LogP contribution is 2.27. The van der Waals surface area contributed by atoms with E-state index in [1.54, 1.807) is 33.9 Å². The number of unbranched alkanes of at least 4 members (excludes halogenated alkanes) is 1. The van der Waals surface area contributed by atoms with Gasteiger partial charge in [-0.1, -0.05) is 73.8 Å². The minimum Gasteiger partial charge on any atom is -0.460 e. The van der Waals surface area contributed by atoms with E-state index in [1.807, 2.05) is 20.8 Å². The van der Waals surface area contributed by atoms with Crippen molar-refractivity contribution in [2.24, 2.45) is 23.7 Å². The van der Waals surface area contributed by atoms with Gasteiger partial charge in [-0.05, 0) is 44.4 Å². The largest absolute Gasteiger partial charge is 0.460 e. The number of hydrogen-bond donors (Lipinski definition) is 2. The molecule has 0 aromatic carbocycles. The maximum absolute atomic E-state index is 14.4. The third-order valence-corrected chi connectivity index (χ3v) is 10.3. The fraction of sp³-hybridized carbons (Fsp3) is 0.769. The molecular weight excluding hydrogens is 682 g/mol. The lowest BCUT2D eigenvalue weighted by molar-refractivity contribution is -0.157. The van der Waals surface area contributed by atoms with Gasteiger partial charge in [-0.3, -0.25) is 38.5 Å². The van der Waals surface area contributed by atoms with Gasteiger partial charge < -0.3 is 29.9 Å². The van der Waals surface area contributed by atoms with Crippen molar-refractivity contribution < 1.29 is 43.4 Å². The second kappa shape index (κ2) is 20.0. The first kappa shape index (κ1) is 45.3. The van der Waals surface area contributed by atoms with Crippen molar-refractivity contribution in [3.8, 4) is 0 Å². The highest BCUT2D eigenvalue weighted by Gasteiger charge is 2.48. The van der Waals surface area contributed by atoms with Crippen LogP contribution in [0.5, 0.6) is 0 Å². The number of carbonyl (C=O) groups excluding carboxylic acids is 7. The van der Waals surface area contributed by atoms with Crippen molar-refractivity contribution in [1.29, 1.82) is 0 Å². The van der Waals surface area contributed by atoms with Crippen molar-refractivity contribution in [2.45, 2.75) is 150 Å². The topological polar surface area (TPSA) is 174 Å². The molecule has 6 amide bonds. The number of imide groups is 1. The first-order chi connectivity index (χ1) is 24.6. The van der Waals surface area contributed by atoms with Gasteiger partial charge in [-0.15, -0.1) is 0 Å². The predicted molar refractivity (Wildman–Crippen MR) is 200 cm³/mol. The lowest BCUT2D eigenvalue weighted by Crippen LogP contribution is -2.62. The van der Waals surface area contributed by atoms with Crippen LogP contribution in [0.3, 0.4) is 0 Å². The Hall–Kier alpha value is -3.81. The number of ether oxygens (including phenoxy) is 1. The minimum atomic E-state index is -1.44. The van der Waals surface area contributed by atoms with Gasteiger partial charge in [-0.25, -0.2) is 0 Å². The zero-order valence-electron chi connectivity index (χ0n) is 34.0. The molecule has 0 bridgehead atoms. The van der Waals surface area contributed by atoms with Gasteiger partial charge in [0, 0.05) is 46.0 Å². The van der Waals surface area contributed by atoms with Crippen molar-refractivity contribution in [2.75, 3.05) is 20.6 Å². The maximum Gasteiger partial charge on any atom is 0.302 e. The zero-order valence-corrected chi connectivity index (χ0v) is 34.0. The van der Waals surface area contributed by atoms with E-state index in [9.17, 15) is 38.7 Å². The van der Waals surface area contributed by atoms with Crippen LogP contribution in [0.15, 0.2) is 12.2 Å². The molecule has 0 aromatic heterocycles. The molecule has 1 fully saturated rings. The number of nitrogens with zero attached hydrogens (tertiary/aromatic N) is 4. The van der Waals surface area contributed by atoms with Gasteiger partial charge in [0.25, 0.3) is 11.8 Å². The van der Waals surface area contributed by atoms with Crippen LogP contribution in [0.4, 0.5) is 0 Å². The normalized spacial score (nSPS) is 21.9. The molecule has 0 aliphatic carbocycles. The van der Waals surface area contributed by atoms with E-state index in [0.29, 0.717) is 18.8 Å². The Labute approximate surface area is 316 Å². The first-order valence-corrected chi connectivity index (χ1v) is 19.2. The van der Waals surface area contributed by atoms with Gasteiger partial charge in [0.2, 0.25) is 23.6 Å². The maximum atomic E-state index is 14.4. The average Bonchev–Trinajstić information content (AvgIpc) is 3.63. The van der Waals surface area contributed by atoms with Gasteiger partial charge in [0.1, 0.15) is 30.3 Å². The van der Waals surface area contributed by atoms with Gasteiger partial charge in [-0.2, -0.15) is 0 Å². The van der Waals surface area contributed by atoms with Crippen LogP contribution in [0.25, 0.3) is 0 Å². The Kier molecular flexibility index (Phi) is 17.1. The summed E-state index contributed by atoms with van der Waals surface area (Å²) in [5, 5.41) is 13.4. The predicted octanol–water partition coefficient (Wildman–Crippen LogP) is 2.91. The van der Waals surface area contributed by atoms with E-state index in [2.05, 4.69) is 19.2 Å². The third kappa shape index (κ3) is 11.8. The van der Waals surface area contributed by atoms with Crippen LogP contribution in [0, 0.1) is 23.7 Å². The number of likely N-dealkylation sites (N-methyl/N-ethyl adjacent to an activating group) is 2. The molecular formula is C39H65N5O9. The molecule has 0 spiro atoms. The van der Waals surface area contributed by atoms with Gasteiger partial charge >= 0.3 is 5.97 Å². The quantitative estimate of drug-likeness (QED) is 0.158. The summed E-state index contributed by atoms with van der Waals surface area (Å²) < 4.78 is 5.41. The van der Waals surface area contributed by atoms with Crippen LogP contribution >= 0.6 is 0 Å². The van der Waals surface area contributed by atoms with Crippen molar-refractivity contribution in [3.63, 3.8) is 0 Å². The van der Waals surface area contributed by atoms with E-state index < -0.39 is 83.8 Å². The molecule has 53 heavy (non-hydrogen) atoms. The van der Waals surface area contributed by atoms with Crippen molar-refractivity contribution in [1.82, 2.24) is 24.9 Å². The summed E-state index contributed by atoms with van der Waals surface area (Å²) in [6.45, 7) is 17.5. The van der Waals surface area contributed by atoms with Crippen LogP contribution < -0.4 is 5.32 Å². The van der Waals surface area contributed by atoms with Crippen LogP contribution in [-0.4, -0.2) is 129 Å². The molecule has 9 atom stereocenters. The number of esters is 1. The number of β-amino-alcohol motifs (C(OH)–C–C–N with tert-alkyl or cyclic N) is 1. The molecule has 2 N–H and O–H groups in total. The Morgan fingerprint density at radius 3 is 2.11 bits per heavy atom. The lowest BCUT2D eigenvalue weighted by atomic mass is 9.91. The SMILES string of the molecule is CCCC[C@@H](C)C[C@@H](C)C(=O)N(C)[C@@H](CC(C)C)C(=O)N[C@H](C(=O)N(C)[C@H](C(=O)N1C[C@@H](O)C[C@H]1C(=O)N1C(=O)C=C[C@@H]1C)C(C)C)[C@@H](C)OC(C)=O. The highest BCUT2D eigenvalue weighted by molar-refractivity contribution is 6.06. The van der Waals surface area contributed by atoms with Crippen LogP contribution in [0.1, 0.15) is 108 Å². The summed E-state index contributed by atoms with van der Waals surface area (Å²) in [5.74, 6) is -4.47. The van der Waals surface area contributed by atoms with Crippen molar-refractivity contribution >= 4 is 41.4 Å². The van der Waals surface area contributed by atoms with E-state index in [-0.39, 0.29) is 30.7 Å². The van der Waals surface area contributed by atoms with Crippen LogP contribution in [0.2, 0.25) is 0 Å². The van der Waals surface area contributed by atoms with Crippen molar-refractivity contribution in [3.05, 3.63) is 12.2 Å². The molecule has 14 heteroatoms. The fourth-order valence-electron chi connectivity index (χ4n) is 7.50. The highest BCUT2D eigenvalue weighted by atomic mass is 16.5. The molecule has 2 heterocycles. The Bertz CT molecular complexity index is 1370. The minimum absolute atomic E-state index is 0.00605. The second-order valence-corrected chi connectivity index (χ2v) is 16.0. The smallest absolute Gasteiger partial charge is 0.302 e. The number of aliphatic hydroxyl groups excluding tert-OH is 1. The number of carbonyl (C=O) groups is 7. The number of nitrogens with one attached hydrogen (secondary N) is 1. The monoisotopic (exact) mass is 747 g/mol. The summed E-state index contributed by atoms with van der Waals surface area (Å²) in [7, 11) is 2.98. The first-order valence-electron chi connectivity index (χ1n) is 19.2. The molecule has 14 nitrogen and oxygen atoms in total. The average molecular weight is 748 g/mol. The summed E-state index contributed by atoms with van der Waals surface area (Å²) >= 11 is 0. The molecule has 0 radical (unpaired) electrons. The van der Waals surface area contributed by atoms with E-state index in [0.717, 1.165) is 24.2 Å². The number of aliphatic hydroxyl groups is 1. The molecule has 300 valence electrons. The number of likely N-dealkylation sites (tertiary alicyclic amines) is 1. The molecule has 0 aromatic rings. The zero-order chi connectivity index (χ0) is 40.5. The van der Waals surface area contributed by atoms with E-state index in [1.165, 1.54) is 41.7 Å². The molecule has 2 rings (SSSR count). The number of hydrogen-bond acceptors (Lipinski definition) is 9. The summed E-state index contributed by atoms with van der Waals surface area (Å²) in [6, 6.07) is -5.19. The summed E-state index contributed by atoms with van der Waals surface area (Å²) in [6.07, 6.45) is 4.71. The standard InChI is InChI=1S/C39H65N5O9/c1-13-14-15-24(6)19-25(7)36(49)41(11)30(18-22(2)3)35(48)40-33(27(9)53-28(10)45)38(51)42(12)34(23(4)5)39(52)43-21-29(46)20-31(43)37(50)44-26(8)16-17-32(44)47/h16-17,22-27,29-31,33-34,46H,13-15,18-21H2,1-12H3,(H,40,48)/t24-,25-,26+,27-,29+,30+,31+,33+,34+/m1/s1. The number of rotatable bonds is 18. The lowest BCUT2D eigenvalue weighted by Gasteiger charge is -2.38. The molecule has 2 aliphatic rings. The molecule has 0 saturated carbocycles. The number of amides is 6. The Balaban J connectivity index is 2.41. The fourth-order valence-corrected chi connectivity index (χ4v) is 7.50. The second-order valence-electron chi connectivity index (χ2n) is 16.0. The summed E-state index contributed by atoms with van der Waals surface area (Å²) in [5.41, 5.74) is 0. The van der Waals surface area contributed by atoms with Gasteiger partial charge in [0.15, 0.2) is 0 Å². The van der Waals surface area contributed by atoms with E-state index >= 15 is 0 Å². The third-order valence-electron chi connectivity index (χ3n) is 10.3. The molecule has 2 aliphatic heterocycles. The van der Waals surface area contributed by atoms with Gasteiger partial charge in [0.05, 0.1) is 12.1 Å². The molecule has 0 unspecified atom stereocenters. The van der Waals surface area contributed by atoms with E-state index in [4.69, 9.17) is 4.74 Å².